The molecule has 4 rings (SSSR count). The molecule has 7 heteroatoms. The van der Waals surface area contributed by atoms with Crippen LogP contribution in [0.3, 0.4) is 0 Å². The predicted molar refractivity (Wildman–Crippen MR) is 107 cm³/mol. The van der Waals surface area contributed by atoms with Crippen molar-refractivity contribution in [3.8, 4) is 10.4 Å². The van der Waals surface area contributed by atoms with Gasteiger partial charge >= 0.3 is 0 Å². The van der Waals surface area contributed by atoms with Crippen LogP contribution in [-0.2, 0) is 6.54 Å². The van der Waals surface area contributed by atoms with Crippen molar-refractivity contribution in [2.24, 2.45) is 0 Å². The highest BCUT2D eigenvalue weighted by Gasteiger charge is 2.21. The van der Waals surface area contributed by atoms with E-state index in [2.05, 4.69) is 36.5 Å². The van der Waals surface area contributed by atoms with Gasteiger partial charge in [-0.2, -0.15) is 0 Å². The van der Waals surface area contributed by atoms with E-state index in [1.54, 1.807) is 34.0 Å². The summed E-state index contributed by atoms with van der Waals surface area (Å²) in [5, 5.41) is 6.87. The highest BCUT2D eigenvalue weighted by molar-refractivity contribution is 7.18. The molecule has 4 nitrogen and oxygen atoms in total. The van der Waals surface area contributed by atoms with Crippen LogP contribution < -0.4 is 10.5 Å². The molecular weight excluding hydrogens is 370 g/mol. The Morgan fingerprint density at radius 3 is 2.72 bits per heavy atom. The average molecular weight is 389 g/mol. The van der Waals surface area contributed by atoms with E-state index in [-0.39, 0.29) is 11.6 Å². The molecule has 0 amide bonds. The summed E-state index contributed by atoms with van der Waals surface area (Å²) in [6.07, 6.45) is 0. The van der Waals surface area contributed by atoms with Crippen molar-refractivity contribution in [3.63, 3.8) is 0 Å². The lowest BCUT2D eigenvalue weighted by molar-refractivity contribution is -0.924. The highest BCUT2D eigenvalue weighted by atomic mass is 32.1. The van der Waals surface area contributed by atoms with E-state index in [1.807, 2.05) is 22.9 Å². The van der Waals surface area contributed by atoms with Gasteiger partial charge in [-0.3, -0.25) is 4.79 Å². The quantitative estimate of drug-likeness (QED) is 0.549. The normalized spacial score (nSPS) is 14.0. The van der Waals surface area contributed by atoms with Crippen LogP contribution in [0.1, 0.15) is 23.7 Å². The third kappa shape index (κ3) is 3.20. The molecule has 2 atom stereocenters. The van der Waals surface area contributed by atoms with Gasteiger partial charge < -0.3 is 9.88 Å². The molecule has 0 aliphatic rings. The van der Waals surface area contributed by atoms with E-state index < -0.39 is 0 Å². The largest absolute Gasteiger partial charge is 0.324 e. The fourth-order valence-corrected chi connectivity index (χ4v) is 5.43. The van der Waals surface area contributed by atoms with Gasteiger partial charge in [0.15, 0.2) is 5.82 Å². The van der Waals surface area contributed by atoms with E-state index in [9.17, 15) is 4.79 Å². The molecule has 1 unspecified atom stereocenters. The van der Waals surface area contributed by atoms with Crippen LogP contribution in [0.2, 0.25) is 0 Å². The number of fused-ring (bicyclic) bond motifs is 1. The summed E-state index contributed by atoms with van der Waals surface area (Å²) in [4.78, 5) is 25.1. The molecule has 0 aliphatic heterocycles. The second kappa shape index (κ2) is 6.84. The summed E-state index contributed by atoms with van der Waals surface area (Å²) in [6.45, 7) is 3.03. The van der Waals surface area contributed by atoms with Crippen molar-refractivity contribution >= 4 is 44.2 Å². The Labute approximate surface area is 157 Å². The molecule has 4 aromatic rings. The molecule has 25 heavy (non-hydrogen) atoms. The third-order valence-electron chi connectivity index (χ3n) is 4.43. The molecular formula is C18H18N3OS3+. The maximum atomic E-state index is 12.7. The maximum Gasteiger partial charge on any atom is 0.260 e. The molecule has 4 aromatic heterocycles. The summed E-state index contributed by atoms with van der Waals surface area (Å²) in [5.41, 5.74) is 0.947. The van der Waals surface area contributed by atoms with E-state index in [4.69, 9.17) is 4.98 Å². The smallest absolute Gasteiger partial charge is 0.260 e. The standard InChI is InChI=1S/C18H17N3OS3/c1-11(21(2)9-12-5-3-7-23-12)16-19-17(22)15-13(10-25-18(15)20-16)14-6-4-8-24-14/h3-8,10-11H,9H2,1-2H3,(H,19,20,22)/p+1/t11-/m0/s1. The Morgan fingerprint density at radius 2 is 2.00 bits per heavy atom. The Hall–Kier alpha value is -1.80. The Morgan fingerprint density at radius 1 is 1.20 bits per heavy atom. The lowest BCUT2D eigenvalue weighted by atomic mass is 10.2. The number of nitrogens with one attached hydrogen (secondary N) is 2. The molecule has 0 spiro atoms. The Balaban J connectivity index is 1.68. The number of hydrogen-bond donors (Lipinski definition) is 2. The van der Waals surface area contributed by atoms with Gasteiger partial charge in [-0.1, -0.05) is 12.1 Å². The van der Waals surface area contributed by atoms with Crippen molar-refractivity contribution in [2.45, 2.75) is 19.5 Å². The molecule has 0 radical (unpaired) electrons. The van der Waals surface area contributed by atoms with Crippen LogP contribution in [0, 0.1) is 0 Å². The number of aromatic amines is 1. The second-order valence-corrected chi connectivity index (χ2v) is 8.92. The molecule has 128 valence electrons. The van der Waals surface area contributed by atoms with Gasteiger partial charge in [-0.15, -0.1) is 34.0 Å². The SMILES string of the molecule is C[C@@H](c1nc2scc(-c3cccs3)c2c(=O)[nH]1)[NH+](C)Cc1cccs1. The summed E-state index contributed by atoms with van der Waals surface area (Å²) in [7, 11) is 2.14. The maximum absolute atomic E-state index is 12.7. The molecule has 0 saturated carbocycles. The second-order valence-electron chi connectivity index (χ2n) is 6.08. The van der Waals surface area contributed by atoms with Crippen molar-refractivity contribution in [1.29, 1.82) is 0 Å². The van der Waals surface area contributed by atoms with Crippen molar-refractivity contribution in [1.82, 2.24) is 9.97 Å². The van der Waals surface area contributed by atoms with Crippen LogP contribution in [0.4, 0.5) is 0 Å². The van der Waals surface area contributed by atoms with Crippen molar-refractivity contribution < 1.29 is 4.90 Å². The van der Waals surface area contributed by atoms with Crippen LogP contribution in [0.25, 0.3) is 20.7 Å². The van der Waals surface area contributed by atoms with Gasteiger partial charge in [0.1, 0.15) is 17.4 Å². The summed E-state index contributed by atoms with van der Waals surface area (Å²) in [5.74, 6) is 0.756. The van der Waals surface area contributed by atoms with E-state index in [0.29, 0.717) is 5.39 Å². The minimum atomic E-state index is -0.0413. The van der Waals surface area contributed by atoms with Crippen LogP contribution in [-0.4, -0.2) is 17.0 Å². The van der Waals surface area contributed by atoms with Gasteiger partial charge in [0.25, 0.3) is 5.56 Å². The fraction of sp³-hybridized carbons (Fsp3) is 0.222. The molecule has 2 N–H and O–H groups in total. The van der Waals surface area contributed by atoms with Gasteiger partial charge in [-0.05, 0) is 29.8 Å². The van der Waals surface area contributed by atoms with E-state index in [0.717, 1.165) is 27.6 Å². The molecule has 4 heterocycles. The number of hydrogen-bond acceptors (Lipinski definition) is 5. The van der Waals surface area contributed by atoms with Crippen LogP contribution >= 0.6 is 34.0 Å². The Kier molecular flexibility index (Phi) is 4.56. The summed E-state index contributed by atoms with van der Waals surface area (Å²) >= 11 is 4.95. The van der Waals surface area contributed by atoms with Crippen molar-refractivity contribution in [3.05, 3.63) is 61.5 Å². The molecule has 0 saturated heterocycles. The Bertz CT molecular complexity index is 1030. The van der Waals surface area contributed by atoms with Gasteiger partial charge in [0.2, 0.25) is 0 Å². The zero-order chi connectivity index (χ0) is 17.4. The first-order chi connectivity index (χ1) is 12.1. The zero-order valence-corrected chi connectivity index (χ0v) is 16.4. The predicted octanol–water partition coefficient (Wildman–Crippen LogP) is 3.55. The number of rotatable bonds is 5. The molecule has 0 fully saturated rings. The van der Waals surface area contributed by atoms with E-state index in [1.165, 1.54) is 9.78 Å². The van der Waals surface area contributed by atoms with Crippen molar-refractivity contribution in [2.75, 3.05) is 7.05 Å². The molecule has 0 aromatic carbocycles. The first kappa shape index (κ1) is 16.7. The van der Waals surface area contributed by atoms with Gasteiger partial charge in [0.05, 0.1) is 17.3 Å². The van der Waals surface area contributed by atoms with E-state index >= 15 is 0 Å². The van der Waals surface area contributed by atoms with Crippen LogP contribution in [0.5, 0.6) is 0 Å². The minimum absolute atomic E-state index is 0.0413. The zero-order valence-electron chi connectivity index (χ0n) is 13.9. The highest BCUT2D eigenvalue weighted by Crippen LogP contribution is 2.33. The number of quaternary nitrogens is 1. The van der Waals surface area contributed by atoms with Gasteiger partial charge in [0, 0.05) is 15.8 Å². The topological polar surface area (TPSA) is 50.2 Å². The molecule has 0 bridgehead atoms. The lowest BCUT2D eigenvalue weighted by Crippen LogP contribution is -3.07. The third-order valence-corrected chi connectivity index (χ3v) is 7.08. The first-order valence-corrected chi connectivity index (χ1v) is 10.7. The number of H-pyrrole nitrogens is 1. The number of nitrogens with zero attached hydrogens (tertiary/aromatic N) is 1. The van der Waals surface area contributed by atoms with Crippen LogP contribution in [0.15, 0.2) is 45.2 Å². The van der Waals surface area contributed by atoms with Gasteiger partial charge in [-0.25, -0.2) is 4.98 Å². The number of thiophene rings is 3. The minimum Gasteiger partial charge on any atom is -0.324 e. The lowest BCUT2D eigenvalue weighted by Gasteiger charge is -2.20. The summed E-state index contributed by atoms with van der Waals surface area (Å²) in [6, 6.07) is 8.38. The fourth-order valence-electron chi connectivity index (χ4n) is 2.86. The number of aromatic nitrogens is 2. The first-order valence-electron chi connectivity index (χ1n) is 8.03. The summed E-state index contributed by atoms with van der Waals surface area (Å²) < 4.78 is 0. The average Bonchev–Trinajstić information content (AvgIpc) is 3.34. The molecule has 0 aliphatic carbocycles. The monoisotopic (exact) mass is 388 g/mol.